The van der Waals surface area contributed by atoms with Crippen LogP contribution in [-0.4, -0.2) is 25.0 Å². The molecule has 3 N–H and O–H groups in total. The van der Waals surface area contributed by atoms with E-state index in [1.54, 1.807) is 18.2 Å². The van der Waals surface area contributed by atoms with Crippen LogP contribution in [0.15, 0.2) is 66.7 Å². The van der Waals surface area contributed by atoms with E-state index in [4.69, 9.17) is 22.1 Å². The van der Waals surface area contributed by atoms with E-state index in [1.807, 2.05) is 48.5 Å². The zero-order chi connectivity index (χ0) is 22.7. The summed E-state index contributed by atoms with van der Waals surface area (Å²) < 4.78 is 10.6. The first kappa shape index (κ1) is 21.9. The second kappa shape index (κ2) is 9.42. The Labute approximate surface area is 191 Å². The van der Waals surface area contributed by atoms with Crippen LogP contribution >= 0.6 is 11.6 Å². The van der Waals surface area contributed by atoms with Gasteiger partial charge in [-0.2, -0.15) is 0 Å². The maximum absolute atomic E-state index is 12.4. The maximum atomic E-state index is 12.4. The van der Waals surface area contributed by atoms with Crippen molar-refractivity contribution in [3.63, 3.8) is 0 Å². The Hall–Kier alpha value is -3.35. The molecule has 0 saturated heterocycles. The second-order valence-electron chi connectivity index (χ2n) is 7.68. The van der Waals surface area contributed by atoms with Crippen molar-refractivity contribution in [3.8, 4) is 11.5 Å². The lowest BCUT2D eigenvalue weighted by molar-refractivity contribution is -0.142. The zero-order valence-corrected chi connectivity index (χ0v) is 18.3. The minimum Gasteiger partial charge on any atom is -0.468 e. The van der Waals surface area contributed by atoms with Gasteiger partial charge in [0.15, 0.2) is 0 Å². The molecular weight excluding hydrogens is 428 g/mol. The highest BCUT2D eigenvalue weighted by atomic mass is 35.5. The Morgan fingerprint density at radius 1 is 1.09 bits per heavy atom. The number of carbonyl (C=O) groups is 2. The molecule has 0 saturated carbocycles. The molecule has 3 aromatic carbocycles. The average Bonchev–Trinajstić information content (AvgIpc) is 3.11. The molecule has 1 aliphatic rings. The molecule has 2 atom stereocenters. The molecule has 3 aromatic rings. The number of para-hydroxylation sites is 1. The summed E-state index contributed by atoms with van der Waals surface area (Å²) in [5.74, 6) is 0.438. The van der Waals surface area contributed by atoms with Crippen molar-refractivity contribution >= 4 is 29.2 Å². The van der Waals surface area contributed by atoms with E-state index < -0.39 is 12.0 Å². The second-order valence-corrected chi connectivity index (χ2v) is 8.08. The number of hydrogen-bond donors (Lipinski definition) is 2. The molecule has 0 aromatic heterocycles. The third kappa shape index (κ3) is 4.77. The Balaban J connectivity index is 1.42. The van der Waals surface area contributed by atoms with Gasteiger partial charge in [-0.3, -0.25) is 9.59 Å². The number of amides is 1. The highest BCUT2D eigenvalue weighted by Gasteiger charge is 2.30. The van der Waals surface area contributed by atoms with Crippen molar-refractivity contribution in [1.29, 1.82) is 0 Å². The molecule has 1 aliphatic heterocycles. The van der Waals surface area contributed by atoms with Crippen molar-refractivity contribution in [2.75, 3.05) is 12.4 Å². The average molecular weight is 451 g/mol. The summed E-state index contributed by atoms with van der Waals surface area (Å²) in [6.07, 6.45) is 0.929. The first-order valence-electron chi connectivity index (χ1n) is 10.2. The van der Waals surface area contributed by atoms with E-state index in [1.165, 1.54) is 7.11 Å². The quantitative estimate of drug-likeness (QED) is 0.519. The first-order chi connectivity index (χ1) is 15.4. The Morgan fingerprint density at radius 2 is 1.81 bits per heavy atom. The van der Waals surface area contributed by atoms with Gasteiger partial charge in [0.25, 0.3) is 0 Å². The van der Waals surface area contributed by atoms with E-state index in [0.717, 1.165) is 22.4 Å². The number of fused-ring (bicyclic) bond motifs is 1. The maximum Gasteiger partial charge on any atom is 0.322 e. The van der Waals surface area contributed by atoms with Crippen LogP contribution in [0.4, 0.5) is 5.69 Å². The fraction of sp³-hybridized carbons (Fsp3) is 0.200. The molecule has 0 radical (unpaired) electrons. The van der Waals surface area contributed by atoms with Gasteiger partial charge in [0.05, 0.1) is 18.1 Å². The van der Waals surface area contributed by atoms with Crippen molar-refractivity contribution in [3.05, 3.63) is 88.4 Å². The van der Waals surface area contributed by atoms with Gasteiger partial charge in [-0.05, 0) is 59.9 Å². The molecule has 0 spiro atoms. The Bertz CT molecular complexity index is 1150. The number of rotatable bonds is 7. The van der Waals surface area contributed by atoms with Crippen molar-refractivity contribution < 1.29 is 19.1 Å². The Kier molecular flexibility index (Phi) is 6.44. The van der Waals surface area contributed by atoms with Crippen LogP contribution in [0.5, 0.6) is 11.5 Å². The molecule has 1 amide bonds. The summed E-state index contributed by atoms with van der Waals surface area (Å²) in [5, 5.41) is 3.39. The molecule has 6 nitrogen and oxygen atoms in total. The van der Waals surface area contributed by atoms with Crippen LogP contribution in [0.3, 0.4) is 0 Å². The van der Waals surface area contributed by atoms with Crippen LogP contribution in [0.25, 0.3) is 0 Å². The minimum absolute atomic E-state index is 0.00495. The number of esters is 1. The van der Waals surface area contributed by atoms with Gasteiger partial charge in [0.1, 0.15) is 17.5 Å². The number of anilines is 1. The van der Waals surface area contributed by atoms with Crippen LogP contribution < -0.4 is 15.8 Å². The van der Waals surface area contributed by atoms with E-state index >= 15 is 0 Å². The topological polar surface area (TPSA) is 90.7 Å². The molecule has 2 unspecified atom stereocenters. The lowest BCUT2D eigenvalue weighted by Gasteiger charge is -2.13. The van der Waals surface area contributed by atoms with Crippen molar-refractivity contribution in [2.45, 2.75) is 24.8 Å². The fourth-order valence-electron chi connectivity index (χ4n) is 3.78. The van der Waals surface area contributed by atoms with Gasteiger partial charge in [-0.25, -0.2) is 0 Å². The van der Waals surface area contributed by atoms with Crippen LogP contribution in [-0.2, 0) is 27.2 Å². The normalized spacial score (nSPS) is 15.6. The lowest BCUT2D eigenvalue weighted by atomic mass is 9.93. The molecule has 1 heterocycles. The zero-order valence-electron chi connectivity index (χ0n) is 17.5. The van der Waals surface area contributed by atoms with Crippen LogP contribution in [0.1, 0.15) is 22.6 Å². The fourth-order valence-corrected chi connectivity index (χ4v) is 4.02. The third-order valence-electron chi connectivity index (χ3n) is 5.46. The highest BCUT2D eigenvalue weighted by Crippen LogP contribution is 2.36. The van der Waals surface area contributed by atoms with Gasteiger partial charge >= 0.3 is 5.97 Å². The van der Waals surface area contributed by atoms with Crippen LogP contribution in [0.2, 0.25) is 5.02 Å². The number of carbonyl (C=O) groups excluding carboxylic acids is 2. The molecule has 0 fully saturated rings. The van der Waals surface area contributed by atoms with Gasteiger partial charge in [0, 0.05) is 5.69 Å². The SMILES string of the molecule is COC(=O)C(N)Cc1ccc(Oc2ccc(CC3C(=O)Nc4ccccc43)cc2Cl)cc1. The first-order valence-corrected chi connectivity index (χ1v) is 10.6. The molecule has 4 rings (SSSR count). The van der Waals surface area contributed by atoms with Gasteiger partial charge in [-0.15, -0.1) is 0 Å². The summed E-state index contributed by atoms with van der Waals surface area (Å²) in [6, 6.07) is 19.8. The predicted octanol–water partition coefficient (Wildman–Crippen LogP) is 4.45. The molecule has 32 heavy (non-hydrogen) atoms. The molecule has 0 aliphatic carbocycles. The molecule has 7 heteroatoms. The van der Waals surface area contributed by atoms with Gasteiger partial charge in [0.2, 0.25) is 5.91 Å². The van der Waals surface area contributed by atoms with E-state index in [-0.39, 0.29) is 11.8 Å². The summed E-state index contributed by atoms with van der Waals surface area (Å²) >= 11 is 6.46. The van der Waals surface area contributed by atoms with Crippen LogP contribution in [0, 0.1) is 0 Å². The number of hydrogen-bond acceptors (Lipinski definition) is 5. The summed E-state index contributed by atoms with van der Waals surface area (Å²) in [5.41, 5.74) is 9.51. The summed E-state index contributed by atoms with van der Waals surface area (Å²) in [4.78, 5) is 23.8. The molecule has 0 bridgehead atoms. The van der Waals surface area contributed by atoms with E-state index in [2.05, 4.69) is 10.1 Å². The summed E-state index contributed by atoms with van der Waals surface area (Å²) in [7, 11) is 1.32. The number of nitrogens with one attached hydrogen (secondary N) is 1. The highest BCUT2D eigenvalue weighted by molar-refractivity contribution is 6.32. The van der Waals surface area contributed by atoms with Crippen molar-refractivity contribution in [1.82, 2.24) is 0 Å². The van der Waals surface area contributed by atoms with E-state index in [9.17, 15) is 9.59 Å². The number of halogens is 1. The summed E-state index contributed by atoms with van der Waals surface area (Å²) in [6.45, 7) is 0. The Morgan fingerprint density at radius 3 is 2.53 bits per heavy atom. The molecule has 164 valence electrons. The monoisotopic (exact) mass is 450 g/mol. The van der Waals surface area contributed by atoms with Crippen molar-refractivity contribution in [2.24, 2.45) is 5.73 Å². The standard InChI is InChI=1S/C25H23ClN2O4/c1-31-25(30)21(27)14-15-6-9-17(10-7-15)32-23-11-8-16(13-20(23)26)12-19-18-4-2-3-5-22(18)28-24(19)29/h2-11,13,19,21H,12,14,27H2,1H3,(H,28,29). The number of ether oxygens (including phenoxy) is 2. The van der Waals surface area contributed by atoms with Gasteiger partial charge in [-0.1, -0.05) is 48.0 Å². The number of nitrogens with two attached hydrogens (primary N) is 1. The smallest absolute Gasteiger partial charge is 0.322 e. The predicted molar refractivity (Wildman–Crippen MR) is 123 cm³/mol. The number of methoxy groups -OCH3 is 1. The third-order valence-corrected chi connectivity index (χ3v) is 5.75. The largest absolute Gasteiger partial charge is 0.468 e. The lowest BCUT2D eigenvalue weighted by Crippen LogP contribution is -2.33. The van der Waals surface area contributed by atoms with E-state index in [0.29, 0.717) is 29.4 Å². The number of benzene rings is 3. The molecular formula is C25H23ClN2O4. The minimum atomic E-state index is -0.706. The van der Waals surface area contributed by atoms with Gasteiger partial charge < -0.3 is 20.5 Å².